The minimum Gasteiger partial charge on any atom is -0.475 e. The fraction of sp³-hybridized carbons (Fsp3) is 0.500. The largest absolute Gasteiger partial charge is 0.573 e. The molecule has 2 rings (SSSR count). The third-order valence-corrected chi connectivity index (χ3v) is 5.31. The van der Waals surface area contributed by atoms with Crippen molar-refractivity contribution >= 4 is 29.9 Å². The van der Waals surface area contributed by atoms with E-state index in [1.165, 1.54) is 6.92 Å². The molecule has 0 saturated carbocycles. The standard InChI is InChI=1S/C24H28F6N4O7/c1-3-13-9-15(41-24(28,29)30)10-14-11-16(19(23(25,26)27)40-18(13)14)20(36)38-7-8-39-21(37)17(34-12(2)35)5-4-6-33-22(31)32/h9-11,17,19H,3-8H2,1-2H3,(H,34,35)(H4,31,32,33)/t17-,19?/m0/s1. The smallest absolute Gasteiger partial charge is 0.475 e. The fourth-order valence-corrected chi connectivity index (χ4v) is 3.68. The molecular formula is C24H28F6N4O7. The number of carbonyl (C=O) groups is 3. The number of nitrogens with one attached hydrogen (secondary N) is 1. The summed E-state index contributed by atoms with van der Waals surface area (Å²) in [4.78, 5) is 40.0. The van der Waals surface area contributed by atoms with E-state index < -0.39 is 67.1 Å². The van der Waals surface area contributed by atoms with Gasteiger partial charge in [0.25, 0.3) is 0 Å². The number of fused-ring (bicyclic) bond motifs is 1. The quantitative estimate of drug-likeness (QED) is 0.108. The third kappa shape index (κ3) is 10.4. The number of nitrogens with two attached hydrogens (primary N) is 2. The molecule has 0 fully saturated rings. The number of guanidine groups is 1. The summed E-state index contributed by atoms with van der Waals surface area (Å²) in [6, 6.07) is 0.568. The highest BCUT2D eigenvalue weighted by Crippen LogP contribution is 2.42. The minimum atomic E-state index is -5.09. The fourth-order valence-electron chi connectivity index (χ4n) is 3.68. The van der Waals surface area contributed by atoms with E-state index in [9.17, 15) is 40.7 Å². The van der Waals surface area contributed by atoms with Crippen molar-refractivity contribution in [1.82, 2.24) is 5.32 Å². The lowest BCUT2D eigenvalue weighted by Crippen LogP contribution is -2.42. The van der Waals surface area contributed by atoms with Gasteiger partial charge in [0.05, 0.1) is 5.57 Å². The van der Waals surface area contributed by atoms with Crippen molar-refractivity contribution in [3.8, 4) is 11.5 Å². The van der Waals surface area contributed by atoms with Gasteiger partial charge < -0.3 is 35.7 Å². The van der Waals surface area contributed by atoms with Crippen LogP contribution >= 0.6 is 0 Å². The number of aryl methyl sites for hydroxylation is 1. The molecular weight excluding hydrogens is 570 g/mol. The van der Waals surface area contributed by atoms with Gasteiger partial charge in [-0.2, -0.15) is 13.2 Å². The minimum absolute atomic E-state index is 0.00524. The highest BCUT2D eigenvalue weighted by atomic mass is 19.4. The van der Waals surface area contributed by atoms with Gasteiger partial charge in [-0.1, -0.05) is 6.92 Å². The van der Waals surface area contributed by atoms with Gasteiger partial charge in [-0.25, -0.2) is 9.59 Å². The number of nitrogens with zero attached hydrogens (tertiary/aromatic N) is 1. The van der Waals surface area contributed by atoms with E-state index in [0.29, 0.717) is 6.08 Å². The molecule has 41 heavy (non-hydrogen) atoms. The van der Waals surface area contributed by atoms with Crippen LogP contribution in [0.15, 0.2) is 22.7 Å². The van der Waals surface area contributed by atoms with E-state index in [1.807, 2.05) is 0 Å². The van der Waals surface area contributed by atoms with Crippen LogP contribution in [0.4, 0.5) is 26.3 Å². The maximum absolute atomic E-state index is 13.8. The molecule has 11 nitrogen and oxygen atoms in total. The predicted octanol–water partition coefficient (Wildman–Crippen LogP) is 2.50. The lowest BCUT2D eigenvalue weighted by Gasteiger charge is -2.29. The molecule has 0 radical (unpaired) electrons. The van der Waals surface area contributed by atoms with Crippen LogP contribution in [0.25, 0.3) is 6.08 Å². The molecule has 2 atom stereocenters. The summed E-state index contributed by atoms with van der Waals surface area (Å²) in [6.07, 6.45) is -11.9. The zero-order valence-corrected chi connectivity index (χ0v) is 21.9. The second kappa shape index (κ2) is 13.9. The Bertz CT molecular complexity index is 1180. The summed E-state index contributed by atoms with van der Waals surface area (Å²) < 4.78 is 98.1. The van der Waals surface area contributed by atoms with Crippen molar-refractivity contribution in [2.45, 2.75) is 57.8 Å². The summed E-state index contributed by atoms with van der Waals surface area (Å²) in [5.41, 5.74) is 9.10. The second-order valence-electron chi connectivity index (χ2n) is 8.55. The van der Waals surface area contributed by atoms with Crippen LogP contribution in [0.3, 0.4) is 0 Å². The molecule has 0 bridgehead atoms. The Hall–Kier alpha value is -4.18. The summed E-state index contributed by atoms with van der Waals surface area (Å²) in [5, 5.41) is 2.37. The van der Waals surface area contributed by atoms with Gasteiger partial charge in [-0.3, -0.25) is 9.79 Å². The van der Waals surface area contributed by atoms with E-state index in [1.54, 1.807) is 0 Å². The van der Waals surface area contributed by atoms with Crippen molar-refractivity contribution in [3.63, 3.8) is 0 Å². The van der Waals surface area contributed by atoms with Crippen LogP contribution in [0.1, 0.15) is 37.8 Å². The molecule has 17 heteroatoms. The van der Waals surface area contributed by atoms with Crippen LogP contribution in [0.5, 0.6) is 11.5 Å². The van der Waals surface area contributed by atoms with Gasteiger partial charge in [-0.15, -0.1) is 13.2 Å². The normalized spacial score (nSPS) is 15.4. The third-order valence-electron chi connectivity index (χ3n) is 5.31. The van der Waals surface area contributed by atoms with E-state index in [2.05, 4.69) is 15.0 Å². The molecule has 5 N–H and O–H groups in total. The van der Waals surface area contributed by atoms with Crippen LogP contribution in [0.2, 0.25) is 0 Å². The molecule has 228 valence electrons. The zero-order valence-electron chi connectivity index (χ0n) is 21.9. The summed E-state index contributed by atoms with van der Waals surface area (Å²) in [7, 11) is 0. The average Bonchev–Trinajstić information content (AvgIpc) is 2.84. The summed E-state index contributed by atoms with van der Waals surface area (Å²) in [5.74, 6) is -4.21. The topological polar surface area (TPSA) is 165 Å². The van der Waals surface area contributed by atoms with Gasteiger partial charge in [0, 0.05) is 19.0 Å². The van der Waals surface area contributed by atoms with Gasteiger partial charge in [0.1, 0.15) is 30.8 Å². The zero-order chi connectivity index (χ0) is 31.0. The van der Waals surface area contributed by atoms with E-state index >= 15 is 0 Å². The number of rotatable bonds is 12. The molecule has 1 amide bonds. The Kier molecular flexibility index (Phi) is 11.2. The predicted molar refractivity (Wildman–Crippen MR) is 130 cm³/mol. The van der Waals surface area contributed by atoms with Crippen molar-refractivity contribution in [2.75, 3.05) is 19.8 Å². The number of amides is 1. The van der Waals surface area contributed by atoms with Crippen molar-refractivity contribution in [3.05, 3.63) is 28.8 Å². The highest BCUT2D eigenvalue weighted by Gasteiger charge is 2.49. The Morgan fingerprint density at radius 3 is 2.32 bits per heavy atom. The Morgan fingerprint density at radius 1 is 1.10 bits per heavy atom. The van der Waals surface area contributed by atoms with Gasteiger partial charge >= 0.3 is 24.5 Å². The summed E-state index contributed by atoms with van der Waals surface area (Å²) in [6.45, 7) is 1.54. The van der Waals surface area contributed by atoms with Crippen molar-refractivity contribution in [2.24, 2.45) is 16.5 Å². The molecule has 1 aliphatic rings. The molecule has 0 aliphatic carbocycles. The van der Waals surface area contributed by atoms with Gasteiger partial charge in [0.2, 0.25) is 12.0 Å². The SMILES string of the molecule is CCc1cc(OC(F)(F)F)cc2c1OC(C(F)(F)F)C(C(=O)OCCOC(=O)[C@H](CCCN=C(N)N)NC(C)=O)=C2. The van der Waals surface area contributed by atoms with Crippen LogP contribution in [-0.2, 0) is 30.3 Å². The monoisotopic (exact) mass is 598 g/mol. The number of benzene rings is 1. The van der Waals surface area contributed by atoms with Crippen molar-refractivity contribution in [1.29, 1.82) is 0 Å². The van der Waals surface area contributed by atoms with Crippen LogP contribution in [0, 0.1) is 0 Å². The summed E-state index contributed by atoms with van der Waals surface area (Å²) >= 11 is 0. The number of esters is 2. The maximum atomic E-state index is 13.8. The number of aliphatic imine (C=N–C) groups is 1. The number of hydrogen-bond acceptors (Lipinski definition) is 8. The molecule has 0 aromatic heterocycles. The Labute approximate surface area is 229 Å². The van der Waals surface area contributed by atoms with Gasteiger partial charge in [0.15, 0.2) is 5.96 Å². The first-order valence-electron chi connectivity index (χ1n) is 12.1. The maximum Gasteiger partial charge on any atom is 0.573 e. The lowest BCUT2D eigenvalue weighted by atomic mass is 9.97. The first-order chi connectivity index (χ1) is 19.0. The van der Waals surface area contributed by atoms with E-state index in [0.717, 1.165) is 19.1 Å². The second-order valence-corrected chi connectivity index (χ2v) is 8.55. The molecule has 0 spiro atoms. The Balaban J connectivity index is 2.13. The lowest BCUT2D eigenvalue weighted by molar-refractivity contribution is -0.274. The van der Waals surface area contributed by atoms with Crippen LogP contribution < -0.4 is 26.3 Å². The average molecular weight is 598 g/mol. The van der Waals surface area contributed by atoms with Gasteiger partial charge in [-0.05, 0) is 43.0 Å². The highest BCUT2D eigenvalue weighted by molar-refractivity contribution is 5.96. The first kappa shape index (κ1) is 33.0. The van der Waals surface area contributed by atoms with Crippen LogP contribution in [-0.4, -0.2) is 68.2 Å². The number of alkyl halides is 6. The molecule has 1 heterocycles. The molecule has 1 unspecified atom stereocenters. The molecule has 0 saturated heterocycles. The van der Waals surface area contributed by atoms with E-state index in [4.69, 9.17) is 25.7 Å². The first-order valence-corrected chi connectivity index (χ1v) is 12.1. The van der Waals surface area contributed by atoms with E-state index in [-0.39, 0.29) is 48.6 Å². The molecule has 1 aromatic carbocycles. The molecule has 1 aliphatic heterocycles. The number of hydrogen-bond donors (Lipinski definition) is 3. The Morgan fingerprint density at radius 2 is 1.76 bits per heavy atom. The number of halogens is 6. The van der Waals surface area contributed by atoms with Crippen molar-refractivity contribution < 1.29 is 59.7 Å². The number of carbonyl (C=O) groups excluding carboxylic acids is 3. The number of ether oxygens (including phenoxy) is 4. The molecule has 1 aromatic rings.